The summed E-state index contributed by atoms with van der Waals surface area (Å²) in [6.45, 7) is 0.208. The molecule has 8 nitrogen and oxygen atoms in total. The number of nitrogens with one attached hydrogen (secondary N) is 2. The molecule has 32 heavy (non-hydrogen) atoms. The van der Waals surface area contributed by atoms with E-state index in [1.54, 1.807) is 0 Å². The molecule has 0 aliphatic heterocycles. The molecule has 0 spiro atoms. The summed E-state index contributed by atoms with van der Waals surface area (Å²) in [5, 5.41) is 11.8. The van der Waals surface area contributed by atoms with Gasteiger partial charge in [0, 0.05) is 18.3 Å². The number of nitrogens with zero attached hydrogens (tertiary/aromatic N) is 1. The maximum Gasteiger partial charge on any atom is 0.266 e. The molecule has 0 unspecified atom stereocenters. The maximum atomic E-state index is 12.5. The Bertz CT molecular complexity index is 1160. The lowest BCUT2D eigenvalue weighted by atomic mass is 10.1. The number of carbonyl (C=O) groups is 2. The molecular formula is C23H23N3O5S. The van der Waals surface area contributed by atoms with Gasteiger partial charge in [-0.05, 0) is 54.8 Å². The summed E-state index contributed by atoms with van der Waals surface area (Å²) < 4.78 is 26.9. The Hall–Kier alpha value is -3.56. The van der Waals surface area contributed by atoms with Crippen molar-refractivity contribution in [2.75, 3.05) is 6.54 Å². The van der Waals surface area contributed by atoms with Crippen LogP contribution in [0.2, 0.25) is 0 Å². The van der Waals surface area contributed by atoms with Crippen molar-refractivity contribution in [3.8, 4) is 0 Å². The first-order valence-corrected chi connectivity index (χ1v) is 11.4. The number of carbonyl (C=O) groups excluding carboxylic acids is 2. The quantitative estimate of drug-likeness (QED) is 0.426. The summed E-state index contributed by atoms with van der Waals surface area (Å²) in [7, 11) is -4.13. The van der Waals surface area contributed by atoms with Crippen molar-refractivity contribution < 1.29 is 23.1 Å². The van der Waals surface area contributed by atoms with Gasteiger partial charge < -0.3 is 10.4 Å². The Labute approximate surface area is 186 Å². The smallest absolute Gasteiger partial charge is 0.266 e. The molecule has 0 saturated heterocycles. The number of hydrogen-bond acceptors (Lipinski definition) is 6. The second kappa shape index (κ2) is 10.7. The summed E-state index contributed by atoms with van der Waals surface area (Å²) in [6, 6.07) is 18.1. The monoisotopic (exact) mass is 453 g/mol. The van der Waals surface area contributed by atoms with Gasteiger partial charge in [0.2, 0.25) is 0 Å². The second-order valence-electron chi connectivity index (χ2n) is 7.00. The van der Waals surface area contributed by atoms with Crippen molar-refractivity contribution in [3.05, 3.63) is 95.3 Å². The largest absolute Gasteiger partial charge is 0.390 e. The first-order valence-electron chi connectivity index (χ1n) is 9.94. The minimum absolute atomic E-state index is 0.0391. The molecule has 0 saturated carbocycles. The van der Waals surface area contributed by atoms with Gasteiger partial charge in [-0.3, -0.25) is 14.6 Å². The van der Waals surface area contributed by atoms with Gasteiger partial charge in [-0.1, -0.05) is 30.3 Å². The molecule has 0 radical (unpaired) electrons. The van der Waals surface area contributed by atoms with Crippen LogP contribution in [-0.4, -0.2) is 36.9 Å². The van der Waals surface area contributed by atoms with Crippen molar-refractivity contribution >= 4 is 21.8 Å². The van der Waals surface area contributed by atoms with E-state index in [1.165, 1.54) is 48.2 Å². The molecule has 0 fully saturated rings. The summed E-state index contributed by atoms with van der Waals surface area (Å²) >= 11 is 0. The molecule has 0 aliphatic carbocycles. The molecule has 3 aromatic rings. The molecule has 0 aliphatic rings. The lowest BCUT2D eigenvalue weighted by Gasteiger charge is -2.09. The zero-order valence-electron chi connectivity index (χ0n) is 17.2. The highest BCUT2D eigenvalue weighted by molar-refractivity contribution is 7.90. The van der Waals surface area contributed by atoms with E-state index in [2.05, 4.69) is 10.3 Å². The molecule has 3 rings (SSSR count). The molecule has 0 bridgehead atoms. The number of benzene rings is 2. The molecular weight excluding hydrogens is 430 g/mol. The fraction of sp³-hybridized carbons (Fsp3) is 0.174. The number of aromatic nitrogens is 1. The molecule has 166 valence electrons. The Morgan fingerprint density at radius 1 is 0.875 bits per heavy atom. The minimum Gasteiger partial charge on any atom is -0.390 e. The van der Waals surface area contributed by atoms with Gasteiger partial charge in [-0.25, -0.2) is 13.1 Å². The third-order valence-corrected chi connectivity index (χ3v) is 6.02. The van der Waals surface area contributed by atoms with Crippen LogP contribution in [0.5, 0.6) is 0 Å². The third-order valence-electron chi connectivity index (χ3n) is 4.67. The lowest BCUT2D eigenvalue weighted by molar-refractivity contribution is 0.0950. The van der Waals surface area contributed by atoms with Crippen LogP contribution in [0.15, 0.2) is 77.8 Å². The summed E-state index contributed by atoms with van der Waals surface area (Å²) in [5.74, 6) is -1.15. The average Bonchev–Trinajstić information content (AvgIpc) is 2.82. The van der Waals surface area contributed by atoms with Crippen LogP contribution in [0.4, 0.5) is 0 Å². The predicted octanol–water partition coefficient (Wildman–Crippen LogP) is 2.06. The van der Waals surface area contributed by atoms with Gasteiger partial charge in [0.15, 0.2) is 0 Å². The second-order valence-corrected chi connectivity index (χ2v) is 8.68. The van der Waals surface area contributed by atoms with E-state index in [4.69, 9.17) is 5.11 Å². The molecule has 1 aromatic heterocycles. The van der Waals surface area contributed by atoms with Crippen LogP contribution >= 0.6 is 0 Å². The van der Waals surface area contributed by atoms with Crippen LogP contribution in [0, 0.1) is 0 Å². The fourth-order valence-corrected chi connectivity index (χ4v) is 3.89. The summed E-state index contributed by atoms with van der Waals surface area (Å²) in [5.41, 5.74) is 1.91. The number of aliphatic hydroxyl groups is 1. The molecule has 2 amide bonds. The molecule has 0 atom stereocenters. The molecule has 2 aromatic carbocycles. The number of aryl methyl sites for hydroxylation is 1. The molecule has 9 heteroatoms. The standard InChI is InChI=1S/C23H23N3O5S/c27-16-20-11-8-19(15-25-20)23(29)26-32(30,31)21-12-9-18(10-13-21)22(28)24-14-4-7-17-5-2-1-3-6-17/h1-3,5-6,8-13,15,27H,4,7,14,16H2,(H,24,28)(H,26,29). The van der Waals surface area contributed by atoms with E-state index in [0.29, 0.717) is 17.8 Å². The molecule has 1 heterocycles. The molecule has 3 N–H and O–H groups in total. The topological polar surface area (TPSA) is 125 Å². The lowest BCUT2D eigenvalue weighted by Crippen LogP contribution is -2.30. The summed E-state index contributed by atoms with van der Waals surface area (Å²) in [4.78, 5) is 28.2. The highest BCUT2D eigenvalue weighted by Gasteiger charge is 2.19. The number of rotatable bonds is 9. The van der Waals surface area contributed by atoms with Crippen molar-refractivity contribution in [3.63, 3.8) is 0 Å². The van der Waals surface area contributed by atoms with Crippen LogP contribution in [0.25, 0.3) is 0 Å². The van der Waals surface area contributed by atoms with Gasteiger partial charge in [0.05, 0.1) is 22.8 Å². The SMILES string of the molecule is O=C(NCCCc1ccccc1)c1ccc(S(=O)(=O)NC(=O)c2ccc(CO)nc2)cc1. The van der Waals surface area contributed by atoms with Crippen molar-refractivity contribution in [1.82, 2.24) is 15.0 Å². The Morgan fingerprint density at radius 3 is 2.19 bits per heavy atom. The van der Waals surface area contributed by atoms with Crippen LogP contribution in [0.1, 0.15) is 38.4 Å². The highest BCUT2D eigenvalue weighted by Crippen LogP contribution is 2.12. The van der Waals surface area contributed by atoms with E-state index in [0.717, 1.165) is 12.8 Å². The normalized spacial score (nSPS) is 11.0. The number of pyridine rings is 1. The van der Waals surface area contributed by atoms with Crippen LogP contribution in [-0.2, 0) is 23.1 Å². The Kier molecular flexibility index (Phi) is 7.69. The van der Waals surface area contributed by atoms with E-state index < -0.39 is 15.9 Å². The number of aliphatic hydroxyl groups excluding tert-OH is 1. The Morgan fingerprint density at radius 2 is 1.56 bits per heavy atom. The van der Waals surface area contributed by atoms with Crippen LogP contribution < -0.4 is 10.0 Å². The summed E-state index contributed by atoms with van der Waals surface area (Å²) in [6.07, 6.45) is 2.81. The van der Waals surface area contributed by atoms with Gasteiger partial charge in [-0.15, -0.1) is 0 Å². The predicted molar refractivity (Wildman–Crippen MR) is 118 cm³/mol. The van der Waals surface area contributed by atoms with Crippen molar-refractivity contribution in [1.29, 1.82) is 0 Å². The minimum atomic E-state index is -4.13. The number of hydrogen-bond donors (Lipinski definition) is 3. The van der Waals surface area contributed by atoms with Gasteiger partial charge in [-0.2, -0.15) is 0 Å². The van der Waals surface area contributed by atoms with E-state index >= 15 is 0 Å². The van der Waals surface area contributed by atoms with Gasteiger partial charge >= 0.3 is 0 Å². The van der Waals surface area contributed by atoms with Crippen LogP contribution in [0.3, 0.4) is 0 Å². The van der Waals surface area contributed by atoms with E-state index in [-0.39, 0.29) is 23.0 Å². The van der Waals surface area contributed by atoms with E-state index in [9.17, 15) is 18.0 Å². The highest BCUT2D eigenvalue weighted by atomic mass is 32.2. The Balaban J connectivity index is 1.54. The van der Waals surface area contributed by atoms with Gasteiger partial charge in [0.1, 0.15) is 0 Å². The first kappa shape index (κ1) is 23.1. The van der Waals surface area contributed by atoms with Crippen molar-refractivity contribution in [2.45, 2.75) is 24.3 Å². The zero-order valence-corrected chi connectivity index (χ0v) is 18.0. The number of sulfonamides is 1. The maximum absolute atomic E-state index is 12.5. The zero-order chi connectivity index (χ0) is 23.0. The first-order chi connectivity index (χ1) is 15.4. The fourth-order valence-electron chi connectivity index (χ4n) is 2.92. The third kappa shape index (κ3) is 6.22. The van der Waals surface area contributed by atoms with E-state index in [1.807, 2.05) is 35.1 Å². The van der Waals surface area contributed by atoms with Gasteiger partial charge in [0.25, 0.3) is 21.8 Å². The average molecular weight is 454 g/mol. The number of amides is 2. The van der Waals surface area contributed by atoms with Crippen molar-refractivity contribution in [2.24, 2.45) is 0 Å².